The van der Waals surface area contributed by atoms with Gasteiger partial charge in [-0.05, 0) is 35.4 Å². The van der Waals surface area contributed by atoms with E-state index in [4.69, 9.17) is 18.9 Å². The number of nitro groups is 2. The number of ether oxygens (including phenoxy) is 4. The van der Waals surface area contributed by atoms with Crippen LogP contribution >= 0.6 is 21.6 Å². The van der Waals surface area contributed by atoms with E-state index >= 15 is 0 Å². The van der Waals surface area contributed by atoms with Crippen LogP contribution in [0.25, 0.3) is 0 Å². The summed E-state index contributed by atoms with van der Waals surface area (Å²) in [5.41, 5.74) is -0.155. The van der Waals surface area contributed by atoms with Crippen molar-refractivity contribution in [2.75, 3.05) is 13.6 Å². The Bertz CT molecular complexity index is 1090. The maximum Gasteiger partial charge on any atom is 0.298 e. The van der Waals surface area contributed by atoms with E-state index < -0.39 is 9.85 Å². The molecule has 0 aliphatic carbocycles. The van der Waals surface area contributed by atoms with E-state index in [0.29, 0.717) is 33.1 Å². The average Bonchev–Trinajstić information content (AvgIpc) is 3.39. The SMILES string of the molecule is CC(=Nc1cc2c(cc1[N+](=O)[O-])OCO2)SSC(C)=Nc1cc2c(cc1[N+](=O)[O-])OCO2. The van der Waals surface area contributed by atoms with E-state index in [1.54, 1.807) is 13.8 Å². The number of benzene rings is 2. The maximum absolute atomic E-state index is 11.4. The molecule has 2 aliphatic rings. The fourth-order valence-electron chi connectivity index (χ4n) is 2.81. The highest BCUT2D eigenvalue weighted by Gasteiger charge is 2.25. The molecule has 0 saturated heterocycles. The van der Waals surface area contributed by atoms with Gasteiger partial charge in [0.05, 0.1) is 32.1 Å². The third kappa shape index (κ3) is 4.55. The first-order chi connectivity index (χ1) is 15.3. The number of hydrogen-bond donors (Lipinski definition) is 0. The van der Waals surface area contributed by atoms with Crippen LogP contribution in [0.15, 0.2) is 34.3 Å². The Kier molecular flexibility index (Phi) is 6.05. The first-order valence-electron chi connectivity index (χ1n) is 8.93. The van der Waals surface area contributed by atoms with E-state index in [1.807, 2.05) is 0 Å². The fraction of sp³-hybridized carbons (Fsp3) is 0.222. The monoisotopic (exact) mass is 478 g/mol. The molecule has 4 rings (SSSR count). The zero-order chi connectivity index (χ0) is 22.8. The van der Waals surface area contributed by atoms with Crippen LogP contribution in [0.3, 0.4) is 0 Å². The normalized spacial score (nSPS) is 14.6. The van der Waals surface area contributed by atoms with Crippen LogP contribution < -0.4 is 18.9 Å². The van der Waals surface area contributed by atoms with Crippen molar-refractivity contribution in [1.29, 1.82) is 0 Å². The van der Waals surface area contributed by atoms with Gasteiger partial charge in [0.1, 0.15) is 11.4 Å². The Morgan fingerprint density at radius 3 is 1.44 bits per heavy atom. The molecule has 2 aromatic carbocycles. The molecule has 2 aliphatic heterocycles. The van der Waals surface area contributed by atoms with Gasteiger partial charge in [-0.1, -0.05) is 0 Å². The van der Waals surface area contributed by atoms with Crippen LogP contribution in [0.4, 0.5) is 22.7 Å². The number of rotatable bonds is 4. The van der Waals surface area contributed by atoms with Gasteiger partial charge >= 0.3 is 0 Å². The molecular weight excluding hydrogens is 464 g/mol. The summed E-state index contributed by atoms with van der Waals surface area (Å²) in [6.07, 6.45) is 0. The molecule has 166 valence electrons. The van der Waals surface area contributed by atoms with Gasteiger partial charge in [-0.15, -0.1) is 0 Å². The van der Waals surface area contributed by atoms with Crippen molar-refractivity contribution in [2.45, 2.75) is 13.8 Å². The van der Waals surface area contributed by atoms with E-state index in [9.17, 15) is 20.2 Å². The number of aliphatic imine (C=N–C) groups is 2. The smallest absolute Gasteiger partial charge is 0.298 e. The predicted molar refractivity (Wildman–Crippen MR) is 119 cm³/mol. The Hall–Kier alpha value is -3.52. The van der Waals surface area contributed by atoms with Crippen LogP contribution in [-0.4, -0.2) is 33.5 Å². The minimum atomic E-state index is -0.544. The Morgan fingerprint density at radius 2 is 1.09 bits per heavy atom. The molecule has 0 amide bonds. The topological polar surface area (TPSA) is 148 Å². The largest absolute Gasteiger partial charge is 0.454 e. The van der Waals surface area contributed by atoms with Crippen LogP contribution in [-0.2, 0) is 0 Å². The van der Waals surface area contributed by atoms with Crippen molar-refractivity contribution < 1.29 is 28.8 Å². The Labute approximate surface area is 188 Å². The van der Waals surface area contributed by atoms with E-state index in [2.05, 4.69) is 9.98 Å². The predicted octanol–water partition coefficient (Wildman–Crippen LogP) is 5.14. The summed E-state index contributed by atoms with van der Waals surface area (Å²) in [4.78, 5) is 30.3. The Balaban J connectivity index is 1.52. The summed E-state index contributed by atoms with van der Waals surface area (Å²) in [7, 11) is 2.41. The van der Waals surface area contributed by atoms with Crippen molar-refractivity contribution in [3.63, 3.8) is 0 Å². The first kappa shape index (κ1) is 21.7. The third-order valence-corrected chi connectivity index (χ3v) is 6.62. The lowest BCUT2D eigenvalue weighted by Gasteiger charge is -2.04. The maximum atomic E-state index is 11.4. The molecule has 0 spiro atoms. The van der Waals surface area contributed by atoms with Crippen molar-refractivity contribution in [2.24, 2.45) is 9.98 Å². The van der Waals surface area contributed by atoms with Crippen LogP contribution in [0.2, 0.25) is 0 Å². The molecule has 0 saturated carbocycles. The van der Waals surface area contributed by atoms with Crippen molar-refractivity contribution in [3.8, 4) is 23.0 Å². The molecule has 0 radical (unpaired) electrons. The van der Waals surface area contributed by atoms with Gasteiger partial charge in [0, 0.05) is 12.1 Å². The second kappa shape index (κ2) is 8.92. The van der Waals surface area contributed by atoms with Crippen LogP contribution in [0.1, 0.15) is 13.8 Å². The number of nitrogens with zero attached hydrogens (tertiary/aromatic N) is 4. The summed E-state index contributed by atoms with van der Waals surface area (Å²) in [5.74, 6) is 1.35. The van der Waals surface area contributed by atoms with Gasteiger partial charge in [0.15, 0.2) is 23.0 Å². The Morgan fingerprint density at radius 1 is 0.750 bits per heavy atom. The lowest BCUT2D eigenvalue weighted by Crippen LogP contribution is -1.93. The number of hydrogen-bond acceptors (Lipinski definition) is 12. The quantitative estimate of drug-likeness (QED) is 0.190. The van der Waals surface area contributed by atoms with Gasteiger partial charge in [-0.3, -0.25) is 20.2 Å². The number of nitro benzene ring substituents is 2. The average molecular weight is 478 g/mol. The summed E-state index contributed by atoms with van der Waals surface area (Å²) in [6.45, 7) is 3.35. The fourth-order valence-corrected chi connectivity index (χ4v) is 4.27. The second-order valence-electron chi connectivity index (χ2n) is 6.33. The first-order valence-corrected chi connectivity index (χ1v) is 11.1. The molecule has 0 unspecified atom stereocenters. The summed E-state index contributed by atoms with van der Waals surface area (Å²) in [6, 6.07) is 5.45. The van der Waals surface area contributed by atoms with Gasteiger partial charge in [0.25, 0.3) is 11.4 Å². The highest BCUT2D eigenvalue weighted by Crippen LogP contribution is 2.44. The molecule has 0 bridgehead atoms. The molecule has 14 heteroatoms. The summed E-state index contributed by atoms with van der Waals surface area (Å²) in [5, 5.41) is 23.8. The van der Waals surface area contributed by atoms with E-state index in [1.165, 1.54) is 45.9 Å². The van der Waals surface area contributed by atoms with Gasteiger partial charge < -0.3 is 18.9 Å². The van der Waals surface area contributed by atoms with Crippen molar-refractivity contribution in [1.82, 2.24) is 0 Å². The molecule has 12 nitrogen and oxygen atoms in total. The number of fused-ring (bicyclic) bond motifs is 2. The molecular formula is C18H14N4O8S2. The van der Waals surface area contributed by atoms with Crippen LogP contribution in [0, 0.1) is 20.2 Å². The van der Waals surface area contributed by atoms with Crippen LogP contribution in [0.5, 0.6) is 23.0 Å². The zero-order valence-corrected chi connectivity index (χ0v) is 18.2. The highest BCUT2D eigenvalue weighted by molar-refractivity contribution is 8.87. The minimum Gasteiger partial charge on any atom is -0.454 e. The van der Waals surface area contributed by atoms with E-state index in [-0.39, 0.29) is 36.3 Å². The minimum absolute atomic E-state index is 0.00903. The molecule has 2 aromatic rings. The molecule has 0 atom stereocenters. The molecule has 0 N–H and O–H groups in total. The van der Waals surface area contributed by atoms with Gasteiger partial charge in [0.2, 0.25) is 13.6 Å². The van der Waals surface area contributed by atoms with E-state index in [0.717, 1.165) is 0 Å². The molecule has 32 heavy (non-hydrogen) atoms. The highest BCUT2D eigenvalue weighted by atomic mass is 33.1. The summed E-state index contributed by atoms with van der Waals surface area (Å²) >= 11 is 0. The second-order valence-corrected chi connectivity index (χ2v) is 8.85. The molecule has 0 aromatic heterocycles. The zero-order valence-electron chi connectivity index (χ0n) is 16.6. The molecule has 2 heterocycles. The lowest BCUT2D eigenvalue weighted by molar-refractivity contribution is -0.384. The summed E-state index contributed by atoms with van der Waals surface area (Å²) < 4.78 is 20.9. The lowest BCUT2D eigenvalue weighted by atomic mass is 10.2. The third-order valence-electron chi connectivity index (χ3n) is 4.17. The van der Waals surface area contributed by atoms with Crippen molar-refractivity contribution >= 4 is 54.4 Å². The van der Waals surface area contributed by atoms with Crippen molar-refractivity contribution in [3.05, 3.63) is 44.5 Å². The van der Waals surface area contributed by atoms with Gasteiger partial charge in [-0.2, -0.15) is 0 Å². The van der Waals surface area contributed by atoms with Gasteiger partial charge in [-0.25, -0.2) is 9.98 Å². The molecule has 0 fully saturated rings. The standard InChI is InChI=1S/C18H14N4O8S2/c1-9(19-11-3-15-17(29-7-27-15)5-13(11)21(23)24)31-32-10(2)20-12-4-16-18(30-8-28-16)6-14(12)22(25)26/h3-6H,7-8H2,1-2H3.